The minimum absolute atomic E-state index is 0.118. The molecule has 0 N–H and O–H groups in total. The van der Waals surface area contributed by atoms with Crippen LogP contribution >= 0.6 is 0 Å². The molecule has 2 aliphatic heterocycles. The maximum atomic E-state index is 13.4. The van der Waals surface area contributed by atoms with E-state index in [4.69, 9.17) is 9.31 Å². The van der Waals surface area contributed by atoms with Gasteiger partial charge < -0.3 is 14.2 Å². The van der Waals surface area contributed by atoms with E-state index in [0.29, 0.717) is 12.4 Å². The van der Waals surface area contributed by atoms with Crippen molar-refractivity contribution in [3.8, 4) is 0 Å². The third-order valence-electron chi connectivity index (χ3n) is 5.14. The van der Waals surface area contributed by atoms with Gasteiger partial charge in [0.15, 0.2) is 0 Å². The van der Waals surface area contributed by atoms with Crippen molar-refractivity contribution in [3.63, 3.8) is 0 Å². The summed E-state index contributed by atoms with van der Waals surface area (Å²) in [7, 11) is -0.485. The van der Waals surface area contributed by atoms with Crippen LogP contribution in [0.3, 0.4) is 0 Å². The SMILES string of the molecule is Cc1cc(N2CCC(F)(F)C2)ncc1B1OC(C)(C)C(C)(C)O1. The van der Waals surface area contributed by atoms with Crippen LogP contribution in [0.15, 0.2) is 12.3 Å². The van der Waals surface area contributed by atoms with Crippen LogP contribution in [0.1, 0.15) is 39.7 Å². The summed E-state index contributed by atoms with van der Waals surface area (Å²) in [5.74, 6) is -2.04. The number of rotatable bonds is 2. The summed E-state index contributed by atoms with van der Waals surface area (Å²) in [6, 6.07) is 1.84. The van der Waals surface area contributed by atoms with Crippen LogP contribution in [-0.4, -0.2) is 42.3 Å². The molecule has 7 heteroatoms. The zero-order valence-electron chi connectivity index (χ0n) is 14.3. The Balaban J connectivity index is 1.81. The molecule has 0 bridgehead atoms. The molecule has 0 aliphatic carbocycles. The topological polar surface area (TPSA) is 34.6 Å². The average molecular weight is 324 g/mol. The lowest BCUT2D eigenvalue weighted by Crippen LogP contribution is -2.41. The van der Waals surface area contributed by atoms with Crippen LogP contribution < -0.4 is 10.4 Å². The number of pyridine rings is 1. The summed E-state index contributed by atoms with van der Waals surface area (Å²) in [4.78, 5) is 5.99. The molecule has 3 heterocycles. The first-order valence-electron chi connectivity index (χ1n) is 7.96. The third kappa shape index (κ3) is 2.96. The number of nitrogens with zero attached hydrogens (tertiary/aromatic N) is 2. The van der Waals surface area contributed by atoms with E-state index in [-0.39, 0.29) is 13.0 Å². The number of aromatic nitrogens is 1. The molecule has 2 aliphatic rings. The van der Waals surface area contributed by atoms with Gasteiger partial charge in [-0.25, -0.2) is 13.8 Å². The van der Waals surface area contributed by atoms with E-state index in [1.165, 1.54) is 0 Å². The fourth-order valence-corrected chi connectivity index (χ4v) is 2.87. The number of hydrogen-bond donors (Lipinski definition) is 0. The molecule has 0 aromatic carbocycles. The first kappa shape index (κ1) is 16.6. The highest BCUT2D eigenvalue weighted by atomic mass is 19.3. The van der Waals surface area contributed by atoms with E-state index in [1.54, 1.807) is 11.1 Å². The van der Waals surface area contributed by atoms with Crippen molar-refractivity contribution in [2.45, 2.75) is 58.2 Å². The van der Waals surface area contributed by atoms with E-state index in [2.05, 4.69) is 4.98 Å². The van der Waals surface area contributed by atoms with Gasteiger partial charge in [0.05, 0.1) is 17.7 Å². The van der Waals surface area contributed by atoms with E-state index in [1.807, 2.05) is 40.7 Å². The highest BCUT2D eigenvalue weighted by Gasteiger charge is 2.52. The second-order valence-electron chi connectivity index (χ2n) is 7.51. The summed E-state index contributed by atoms with van der Waals surface area (Å²) in [5, 5.41) is 0. The maximum absolute atomic E-state index is 13.4. The fraction of sp³-hybridized carbons (Fsp3) is 0.688. The number of hydrogen-bond acceptors (Lipinski definition) is 4. The zero-order valence-corrected chi connectivity index (χ0v) is 14.3. The molecule has 0 saturated carbocycles. The van der Waals surface area contributed by atoms with Gasteiger partial charge in [-0.1, -0.05) is 0 Å². The van der Waals surface area contributed by atoms with Gasteiger partial charge in [0.25, 0.3) is 5.92 Å². The molecule has 0 spiro atoms. The molecular weight excluding hydrogens is 301 g/mol. The summed E-state index contributed by atoms with van der Waals surface area (Å²) in [6.45, 7) is 9.98. The molecule has 0 unspecified atom stereocenters. The molecule has 1 aromatic heterocycles. The first-order valence-corrected chi connectivity index (χ1v) is 7.96. The number of alkyl halides is 2. The Labute approximate surface area is 136 Å². The summed E-state index contributed by atoms with van der Waals surface area (Å²) >= 11 is 0. The molecule has 4 nitrogen and oxygen atoms in total. The van der Waals surface area contributed by atoms with Crippen molar-refractivity contribution in [1.29, 1.82) is 0 Å². The van der Waals surface area contributed by atoms with Gasteiger partial charge in [0.1, 0.15) is 5.82 Å². The summed E-state index contributed by atoms with van der Waals surface area (Å²) in [6.07, 6.45) is 1.57. The number of halogens is 2. The lowest BCUT2D eigenvalue weighted by atomic mass is 9.77. The van der Waals surface area contributed by atoms with Crippen LogP contribution in [0.2, 0.25) is 0 Å². The predicted octanol–water partition coefficient (Wildman–Crippen LogP) is 2.53. The van der Waals surface area contributed by atoms with Crippen molar-refractivity contribution in [3.05, 3.63) is 17.8 Å². The van der Waals surface area contributed by atoms with Crippen molar-refractivity contribution in [2.75, 3.05) is 18.0 Å². The van der Waals surface area contributed by atoms with Crippen molar-refractivity contribution in [2.24, 2.45) is 0 Å². The van der Waals surface area contributed by atoms with Gasteiger partial charge in [0.2, 0.25) is 0 Å². The molecule has 0 amide bonds. The van der Waals surface area contributed by atoms with E-state index in [9.17, 15) is 8.78 Å². The van der Waals surface area contributed by atoms with Crippen LogP contribution in [0.4, 0.5) is 14.6 Å². The number of anilines is 1. The van der Waals surface area contributed by atoms with Crippen molar-refractivity contribution < 1.29 is 18.1 Å². The molecule has 3 rings (SSSR count). The van der Waals surface area contributed by atoms with Gasteiger partial charge in [-0.05, 0) is 46.2 Å². The van der Waals surface area contributed by atoms with Crippen molar-refractivity contribution in [1.82, 2.24) is 4.98 Å². The van der Waals surface area contributed by atoms with Gasteiger partial charge >= 0.3 is 7.12 Å². The molecule has 0 atom stereocenters. The van der Waals surface area contributed by atoms with Gasteiger partial charge in [-0.15, -0.1) is 0 Å². The smallest absolute Gasteiger partial charge is 0.399 e. The largest absolute Gasteiger partial charge is 0.496 e. The molecule has 2 fully saturated rings. The van der Waals surface area contributed by atoms with Crippen LogP contribution in [0, 0.1) is 6.92 Å². The fourth-order valence-electron chi connectivity index (χ4n) is 2.87. The molecule has 2 saturated heterocycles. The van der Waals surface area contributed by atoms with E-state index >= 15 is 0 Å². The van der Waals surface area contributed by atoms with Crippen LogP contribution in [0.25, 0.3) is 0 Å². The average Bonchev–Trinajstić information content (AvgIpc) is 2.86. The highest BCUT2D eigenvalue weighted by molar-refractivity contribution is 6.62. The Hall–Kier alpha value is -1.21. The second-order valence-corrected chi connectivity index (χ2v) is 7.51. The summed E-state index contributed by atoms with van der Waals surface area (Å²) in [5.41, 5.74) is 0.946. The molecule has 0 radical (unpaired) electrons. The second kappa shape index (κ2) is 5.15. The Bertz CT molecular complexity index is 606. The minimum atomic E-state index is -2.63. The van der Waals surface area contributed by atoms with Crippen LogP contribution in [-0.2, 0) is 9.31 Å². The van der Waals surface area contributed by atoms with E-state index < -0.39 is 24.2 Å². The molecular formula is C16H23BF2N2O2. The lowest BCUT2D eigenvalue weighted by molar-refractivity contribution is 0.00578. The Morgan fingerprint density at radius 2 is 1.78 bits per heavy atom. The van der Waals surface area contributed by atoms with Crippen molar-refractivity contribution >= 4 is 18.4 Å². The monoisotopic (exact) mass is 324 g/mol. The highest BCUT2D eigenvalue weighted by Crippen LogP contribution is 2.37. The molecule has 1 aromatic rings. The first-order chi connectivity index (χ1) is 10.5. The quantitative estimate of drug-likeness (QED) is 0.783. The molecule has 23 heavy (non-hydrogen) atoms. The molecule has 126 valence electrons. The zero-order chi connectivity index (χ0) is 17.0. The lowest BCUT2D eigenvalue weighted by Gasteiger charge is -2.32. The van der Waals surface area contributed by atoms with E-state index in [0.717, 1.165) is 11.0 Å². The Morgan fingerprint density at radius 1 is 1.17 bits per heavy atom. The number of aryl methyl sites for hydroxylation is 1. The third-order valence-corrected chi connectivity index (χ3v) is 5.14. The predicted molar refractivity (Wildman–Crippen MR) is 86.5 cm³/mol. The Kier molecular flexibility index (Phi) is 3.72. The summed E-state index contributed by atoms with van der Waals surface area (Å²) < 4.78 is 38.8. The van der Waals surface area contributed by atoms with Gasteiger partial charge in [-0.2, -0.15) is 0 Å². The normalized spacial score (nSPS) is 25.2. The minimum Gasteiger partial charge on any atom is -0.399 e. The van der Waals surface area contributed by atoms with Gasteiger partial charge in [0, 0.05) is 24.6 Å². The van der Waals surface area contributed by atoms with Gasteiger partial charge in [-0.3, -0.25) is 0 Å². The van der Waals surface area contributed by atoms with Crippen LogP contribution in [0.5, 0.6) is 0 Å². The standard InChI is InChI=1S/C16H23BF2N2O2/c1-11-8-13(21-7-6-16(18,19)10-21)20-9-12(11)17-22-14(2,3)15(4,5)23-17/h8-9H,6-7,10H2,1-5H3. The Morgan fingerprint density at radius 3 is 2.26 bits per heavy atom. The maximum Gasteiger partial charge on any atom is 0.496 e.